The molecule has 0 bridgehead atoms. The van der Waals surface area contributed by atoms with Gasteiger partial charge in [0.15, 0.2) is 0 Å². The Morgan fingerprint density at radius 1 is 1.20 bits per heavy atom. The molecule has 0 aromatic heterocycles. The van der Waals surface area contributed by atoms with Crippen LogP contribution >= 0.6 is 11.6 Å². The smallest absolute Gasteiger partial charge is 0.119 e. The van der Waals surface area contributed by atoms with Gasteiger partial charge >= 0.3 is 0 Å². The van der Waals surface area contributed by atoms with Crippen LogP contribution in [0.15, 0.2) is 42.5 Å². The van der Waals surface area contributed by atoms with Crippen LogP contribution in [0.5, 0.6) is 5.75 Å². The molecular formula is C16H19ClN2O. The summed E-state index contributed by atoms with van der Waals surface area (Å²) in [5.41, 5.74) is 5.95. The number of halogens is 1. The quantitative estimate of drug-likeness (QED) is 0.653. The van der Waals surface area contributed by atoms with Crippen LogP contribution in [0.2, 0.25) is 5.02 Å². The second kappa shape index (κ2) is 6.75. The van der Waals surface area contributed by atoms with Gasteiger partial charge in [0.2, 0.25) is 0 Å². The van der Waals surface area contributed by atoms with Gasteiger partial charge in [-0.05, 0) is 48.7 Å². The second-order valence-corrected chi connectivity index (χ2v) is 5.03. The molecule has 0 aliphatic carbocycles. The van der Waals surface area contributed by atoms with Crippen molar-refractivity contribution >= 4 is 11.6 Å². The van der Waals surface area contributed by atoms with E-state index in [0.717, 1.165) is 22.4 Å². The number of benzene rings is 2. The molecule has 4 heteroatoms. The number of aryl methyl sites for hydroxylation is 1. The molecule has 0 fully saturated rings. The van der Waals surface area contributed by atoms with Gasteiger partial charge < -0.3 is 4.74 Å². The van der Waals surface area contributed by atoms with Crippen LogP contribution in [0, 0.1) is 6.92 Å². The number of hydrogen-bond donors (Lipinski definition) is 2. The number of hydrazine groups is 1. The van der Waals surface area contributed by atoms with Crippen LogP contribution in [0.3, 0.4) is 0 Å². The summed E-state index contributed by atoms with van der Waals surface area (Å²) in [6, 6.07) is 13.7. The minimum Gasteiger partial charge on any atom is -0.494 e. The topological polar surface area (TPSA) is 47.3 Å². The molecule has 2 aromatic rings. The molecule has 0 aliphatic rings. The first-order valence-corrected chi connectivity index (χ1v) is 6.98. The van der Waals surface area contributed by atoms with E-state index in [1.807, 2.05) is 56.3 Å². The Bertz CT molecular complexity index is 569. The van der Waals surface area contributed by atoms with Gasteiger partial charge in [-0.1, -0.05) is 35.9 Å². The van der Waals surface area contributed by atoms with E-state index in [4.69, 9.17) is 22.2 Å². The average molecular weight is 291 g/mol. The second-order valence-electron chi connectivity index (χ2n) is 4.63. The summed E-state index contributed by atoms with van der Waals surface area (Å²) in [4.78, 5) is 0. The Kier molecular flexibility index (Phi) is 5.01. The van der Waals surface area contributed by atoms with Crippen molar-refractivity contribution in [2.45, 2.75) is 19.9 Å². The van der Waals surface area contributed by atoms with E-state index >= 15 is 0 Å². The van der Waals surface area contributed by atoms with E-state index in [0.29, 0.717) is 11.6 Å². The van der Waals surface area contributed by atoms with Crippen molar-refractivity contribution in [3.8, 4) is 5.75 Å². The highest BCUT2D eigenvalue weighted by Crippen LogP contribution is 2.29. The maximum absolute atomic E-state index is 6.31. The van der Waals surface area contributed by atoms with Crippen molar-refractivity contribution in [3.05, 3.63) is 64.2 Å². The number of nitrogens with one attached hydrogen (secondary N) is 1. The van der Waals surface area contributed by atoms with Crippen LogP contribution in [0.4, 0.5) is 0 Å². The molecule has 3 nitrogen and oxygen atoms in total. The van der Waals surface area contributed by atoms with Crippen molar-refractivity contribution in [2.24, 2.45) is 5.84 Å². The van der Waals surface area contributed by atoms with Gasteiger partial charge in [-0.25, -0.2) is 5.43 Å². The van der Waals surface area contributed by atoms with Crippen LogP contribution in [-0.4, -0.2) is 6.61 Å². The predicted octanol–water partition coefficient (Wildman–Crippen LogP) is 3.60. The Hall–Kier alpha value is -1.55. The standard InChI is InChI=1S/C16H19ClN2O/c1-3-20-13-7-5-12(6-8-13)16(19-18)14-9-4-11(2)10-15(14)17/h4-10,16,19H,3,18H2,1-2H3. The average Bonchev–Trinajstić information content (AvgIpc) is 2.44. The highest BCUT2D eigenvalue weighted by atomic mass is 35.5. The molecule has 0 saturated heterocycles. The third kappa shape index (κ3) is 3.31. The Balaban J connectivity index is 2.31. The van der Waals surface area contributed by atoms with Gasteiger partial charge in [0.1, 0.15) is 5.75 Å². The molecule has 0 radical (unpaired) electrons. The third-order valence-electron chi connectivity index (χ3n) is 3.16. The lowest BCUT2D eigenvalue weighted by atomic mass is 9.98. The van der Waals surface area contributed by atoms with Crippen molar-refractivity contribution < 1.29 is 4.74 Å². The summed E-state index contributed by atoms with van der Waals surface area (Å²) in [5, 5.41) is 0.710. The summed E-state index contributed by atoms with van der Waals surface area (Å²) < 4.78 is 5.44. The monoisotopic (exact) mass is 290 g/mol. The Labute approximate surface area is 124 Å². The maximum Gasteiger partial charge on any atom is 0.119 e. The summed E-state index contributed by atoms with van der Waals surface area (Å²) >= 11 is 6.31. The van der Waals surface area contributed by atoms with Gasteiger partial charge in [-0.15, -0.1) is 0 Å². The normalized spacial score (nSPS) is 12.2. The summed E-state index contributed by atoms with van der Waals surface area (Å²) in [5.74, 6) is 6.55. The highest BCUT2D eigenvalue weighted by molar-refractivity contribution is 6.31. The minimum absolute atomic E-state index is 0.140. The molecule has 0 amide bonds. The number of hydrogen-bond acceptors (Lipinski definition) is 3. The van der Waals surface area contributed by atoms with Gasteiger partial charge in [-0.3, -0.25) is 5.84 Å². The fraction of sp³-hybridized carbons (Fsp3) is 0.250. The van der Waals surface area contributed by atoms with Crippen LogP contribution < -0.4 is 16.0 Å². The predicted molar refractivity (Wildman–Crippen MR) is 83.0 cm³/mol. The lowest BCUT2D eigenvalue weighted by Gasteiger charge is -2.19. The molecule has 1 atom stereocenters. The SMILES string of the molecule is CCOc1ccc(C(NN)c2ccc(C)cc2Cl)cc1. The number of ether oxygens (including phenoxy) is 1. The minimum atomic E-state index is -0.140. The molecule has 0 spiro atoms. The van der Waals surface area contributed by atoms with E-state index in [1.165, 1.54) is 0 Å². The highest BCUT2D eigenvalue weighted by Gasteiger charge is 2.15. The van der Waals surface area contributed by atoms with E-state index in [2.05, 4.69) is 5.43 Å². The lowest BCUT2D eigenvalue weighted by Crippen LogP contribution is -2.29. The zero-order chi connectivity index (χ0) is 14.5. The Morgan fingerprint density at radius 2 is 1.90 bits per heavy atom. The summed E-state index contributed by atoms with van der Waals surface area (Å²) in [6.45, 7) is 4.63. The van der Waals surface area contributed by atoms with Crippen LogP contribution in [0.25, 0.3) is 0 Å². The van der Waals surface area contributed by atoms with Gasteiger partial charge in [0, 0.05) is 5.02 Å². The third-order valence-corrected chi connectivity index (χ3v) is 3.49. The van der Waals surface area contributed by atoms with Crippen LogP contribution in [-0.2, 0) is 0 Å². The largest absolute Gasteiger partial charge is 0.494 e. The number of nitrogens with two attached hydrogens (primary N) is 1. The van der Waals surface area contributed by atoms with Gasteiger partial charge in [-0.2, -0.15) is 0 Å². The van der Waals surface area contributed by atoms with Crippen molar-refractivity contribution in [3.63, 3.8) is 0 Å². The maximum atomic E-state index is 6.31. The molecule has 106 valence electrons. The van der Waals surface area contributed by atoms with E-state index in [9.17, 15) is 0 Å². The molecule has 0 aliphatic heterocycles. The van der Waals surface area contributed by atoms with E-state index < -0.39 is 0 Å². The molecule has 3 N–H and O–H groups in total. The fourth-order valence-electron chi connectivity index (χ4n) is 2.16. The number of rotatable bonds is 5. The van der Waals surface area contributed by atoms with Gasteiger partial charge in [0.05, 0.1) is 12.6 Å². The molecule has 1 unspecified atom stereocenters. The first-order valence-electron chi connectivity index (χ1n) is 6.60. The van der Waals surface area contributed by atoms with E-state index in [1.54, 1.807) is 0 Å². The van der Waals surface area contributed by atoms with Crippen molar-refractivity contribution in [2.75, 3.05) is 6.61 Å². The van der Waals surface area contributed by atoms with Gasteiger partial charge in [0.25, 0.3) is 0 Å². The van der Waals surface area contributed by atoms with E-state index in [-0.39, 0.29) is 6.04 Å². The zero-order valence-electron chi connectivity index (χ0n) is 11.7. The van der Waals surface area contributed by atoms with Crippen molar-refractivity contribution in [1.29, 1.82) is 0 Å². The molecule has 2 aromatic carbocycles. The summed E-state index contributed by atoms with van der Waals surface area (Å²) in [6.07, 6.45) is 0. The Morgan fingerprint density at radius 3 is 2.45 bits per heavy atom. The summed E-state index contributed by atoms with van der Waals surface area (Å²) in [7, 11) is 0. The fourth-order valence-corrected chi connectivity index (χ4v) is 2.50. The first kappa shape index (κ1) is 14.9. The zero-order valence-corrected chi connectivity index (χ0v) is 12.4. The molecule has 0 saturated carbocycles. The molecule has 2 rings (SSSR count). The first-order chi connectivity index (χ1) is 9.65. The van der Waals surface area contributed by atoms with Crippen LogP contribution in [0.1, 0.15) is 29.7 Å². The lowest BCUT2D eigenvalue weighted by molar-refractivity contribution is 0.340. The molecular weight excluding hydrogens is 272 g/mol. The molecule has 0 heterocycles. The molecule has 20 heavy (non-hydrogen) atoms. The van der Waals surface area contributed by atoms with Crippen molar-refractivity contribution in [1.82, 2.24) is 5.43 Å².